The number of carbonyl (C=O) groups is 11. The summed E-state index contributed by atoms with van der Waals surface area (Å²) in [5, 5.41) is 47.5. The molecule has 25 heteroatoms. The van der Waals surface area contributed by atoms with Crippen LogP contribution >= 0.6 is 0 Å². The van der Waals surface area contributed by atoms with Gasteiger partial charge in [-0.25, -0.2) is 4.79 Å². The molecule has 0 saturated carbocycles. The average molecular weight is 1210 g/mol. The molecule has 438 valence electrons. The van der Waals surface area contributed by atoms with Crippen LogP contribution in [0.15, 0.2) is 24.3 Å². The monoisotopic (exact) mass is 1210 g/mol. The number of nitrogens with one attached hydrogen (secondary N) is 3. The molecule has 0 unspecified atom stereocenters. The van der Waals surface area contributed by atoms with E-state index in [4.69, 9.17) is 4.84 Å². The minimum absolute atomic E-state index is 0.0113. The molecule has 1 aliphatic heterocycles. The molecule has 7 N–H and O–H groups in total. The van der Waals surface area contributed by atoms with Gasteiger partial charge in [0.25, 0.3) is 11.8 Å². The van der Waals surface area contributed by atoms with Crippen LogP contribution < -0.4 is 19.5 Å². The van der Waals surface area contributed by atoms with Crippen LogP contribution in [0.25, 0.3) is 0 Å². The zero-order valence-corrected chi connectivity index (χ0v) is 48.9. The molecule has 0 atom stereocenters. The first kappa shape index (κ1) is 68.4. The molecule has 1 aromatic rings. The van der Waals surface area contributed by atoms with E-state index in [2.05, 4.69) is 48.9 Å². The van der Waals surface area contributed by atoms with E-state index in [1.165, 1.54) is 50.9 Å². The zero-order valence-electron chi connectivity index (χ0n) is 46.1. The van der Waals surface area contributed by atoms with Crippen molar-refractivity contribution in [3.63, 3.8) is 0 Å². The summed E-state index contributed by atoms with van der Waals surface area (Å²) in [4.78, 5) is 144. The molecule has 0 spiro atoms. The third-order valence-electron chi connectivity index (χ3n) is 13.3. The first-order chi connectivity index (χ1) is 37.2. The summed E-state index contributed by atoms with van der Waals surface area (Å²) in [7, 11) is 0. The van der Waals surface area contributed by atoms with Gasteiger partial charge >= 0.3 is 225 Å². The second-order valence-electron chi connectivity index (χ2n) is 19.9. The molecule has 1 fully saturated rings. The average Bonchev–Trinajstić information content (AvgIpc) is 3.70. The summed E-state index contributed by atoms with van der Waals surface area (Å²) in [6.45, 7) is 3.90. The molecule has 0 radical (unpaired) electrons. The number of carboxylic acids is 4. The number of amides is 6. The van der Waals surface area contributed by atoms with Gasteiger partial charge in [0.2, 0.25) is 11.8 Å². The van der Waals surface area contributed by atoms with Gasteiger partial charge in [0, 0.05) is 65.0 Å². The Morgan fingerprint density at radius 1 is 0.538 bits per heavy atom. The molecule has 2 rings (SSSR count). The van der Waals surface area contributed by atoms with E-state index in [0.717, 1.165) is 24.2 Å². The first-order valence-electron chi connectivity index (χ1n) is 27.5. The van der Waals surface area contributed by atoms with E-state index in [1.807, 2.05) is 12.1 Å². The molecule has 0 aliphatic carbocycles. The topological polar surface area (TPSA) is 330 Å². The van der Waals surface area contributed by atoms with Crippen molar-refractivity contribution < 1.29 is 78.0 Å². The fraction of sp³-hybridized carbons (Fsp3) is 0.679. The minimum atomic E-state index is -2.79. The predicted molar refractivity (Wildman–Crippen MR) is 290 cm³/mol. The van der Waals surface area contributed by atoms with Crippen molar-refractivity contribution in [3.05, 3.63) is 29.8 Å². The third-order valence-corrected chi connectivity index (χ3v) is 28.9. The Morgan fingerprint density at radius 3 is 1.55 bits per heavy atom. The molecule has 1 heterocycles. The number of hydrogen-bond acceptors (Lipinski definition) is 15. The van der Waals surface area contributed by atoms with E-state index in [-0.39, 0.29) is 89.9 Å². The Bertz CT molecular complexity index is 2090. The van der Waals surface area contributed by atoms with Crippen LogP contribution in [0.4, 0.5) is 0 Å². The molecular formula is C53H86N8O16Sn. The third kappa shape index (κ3) is 28.8. The van der Waals surface area contributed by atoms with Crippen molar-refractivity contribution >= 4 is 87.2 Å². The van der Waals surface area contributed by atoms with E-state index in [0.29, 0.717) is 55.7 Å². The van der Waals surface area contributed by atoms with Crippen LogP contribution in [0, 0.1) is 0 Å². The fourth-order valence-corrected chi connectivity index (χ4v) is 25.1. The molecule has 0 aromatic heterocycles. The number of unbranched alkanes of at least 4 members (excludes halogenated alkanes) is 6. The number of hydrogen-bond donors (Lipinski definition) is 7. The summed E-state index contributed by atoms with van der Waals surface area (Å²) in [5.41, 5.74) is 0.611. The van der Waals surface area contributed by atoms with Gasteiger partial charge in [0.05, 0.1) is 26.2 Å². The summed E-state index contributed by atoms with van der Waals surface area (Å²) in [6, 6.07) is 8.14. The molecule has 1 aromatic carbocycles. The van der Waals surface area contributed by atoms with E-state index >= 15 is 0 Å². The second kappa shape index (κ2) is 38.8. The maximum absolute atomic E-state index is 13.6. The Balaban J connectivity index is 1.88. The van der Waals surface area contributed by atoms with Crippen molar-refractivity contribution in [1.29, 1.82) is 0 Å². The number of aliphatic carboxylic acids is 4. The van der Waals surface area contributed by atoms with Crippen molar-refractivity contribution in [3.8, 4) is 0 Å². The van der Waals surface area contributed by atoms with Crippen molar-refractivity contribution in [2.24, 2.45) is 0 Å². The number of benzene rings is 1. The van der Waals surface area contributed by atoms with Crippen molar-refractivity contribution in [2.45, 2.75) is 137 Å². The second-order valence-corrected chi connectivity index (χ2v) is 33.1. The van der Waals surface area contributed by atoms with Gasteiger partial charge in [0.1, 0.15) is 0 Å². The SMILES string of the molecule is CCC[CH2][Sn]([CH2]CCC)([CH2]CCC)[c]1cccc(C(=O)NCCCCN(CC(=O)O)C(=O)CN(CCN(CCN(CC(=O)O)CC(=O)NCCCCNC(=O)CCCCC(=O)ON2C(=O)CCC2=O)CC(=O)O)CC(=O)O)c1. The molecule has 78 heavy (non-hydrogen) atoms. The van der Waals surface area contributed by atoms with Gasteiger partial charge in [-0.2, -0.15) is 0 Å². The normalized spacial score (nSPS) is 12.5. The molecule has 6 amide bonds. The van der Waals surface area contributed by atoms with E-state index in [9.17, 15) is 73.2 Å². The van der Waals surface area contributed by atoms with Crippen LogP contribution in [0.5, 0.6) is 0 Å². The number of carboxylic acid groups (broad SMARTS) is 4. The maximum atomic E-state index is 13.6. The van der Waals surface area contributed by atoms with Crippen LogP contribution in [-0.2, 0) is 52.8 Å². The van der Waals surface area contributed by atoms with Gasteiger partial charge in [-0.05, 0) is 25.7 Å². The number of rotatable bonds is 45. The Kier molecular flexibility index (Phi) is 34.0. The molecule has 0 bridgehead atoms. The molecule has 1 aliphatic rings. The standard InChI is InChI=1S/C41H59N8O16.3C4H9.Sn/c50-31(12-4-5-13-40(63)65-49-33(52)14-15-34(49)53)42-16-6-7-17-43-32(51)24-46(27-37(57)58)22-20-45(26-36(55)56)21-23-47(28-38(59)60)25-35(54)48(29-39(61)62)19-9-8-18-44-41(64)30-10-2-1-3-11-30;3*1-3-4-2;/h1-2,10-11H,4-9,12-29H2,(H,42,50)(H,43,51)(H,44,64)(H,55,56)(H,57,58)(H,59,60)(H,61,62);3*1,3-4H2,2H3;. The van der Waals surface area contributed by atoms with Gasteiger partial charge in [-0.15, -0.1) is 5.06 Å². The van der Waals surface area contributed by atoms with Crippen LogP contribution in [0.2, 0.25) is 13.3 Å². The van der Waals surface area contributed by atoms with Gasteiger partial charge in [-0.1, -0.05) is 0 Å². The first-order valence-corrected chi connectivity index (χ1v) is 35.0. The fourth-order valence-electron chi connectivity index (χ4n) is 9.07. The van der Waals surface area contributed by atoms with E-state index < -0.39 is 105 Å². The molecular weight excluding hydrogens is 1120 g/mol. The van der Waals surface area contributed by atoms with Gasteiger partial charge < -0.3 is 35.9 Å². The van der Waals surface area contributed by atoms with Crippen LogP contribution in [0.1, 0.15) is 134 Å². The Morgan fingerprint density at radius 2 is 1.01 bits per heavy atom. The number of hydroxylamine groups is 2. The van der Waals surface area contributed by atoms with E-state index in [1.54, 1.807) is 0 Å². The summed E-state index contributed by atoms with van der Waals surface area (Å²) < 4.78 is 5.19. The summed E-state index contributed by atoms with van der Waals surface area (Å²) >= 11 is -2.79. The predicted octanol–water partition coefficient (Wildman–Crippen LogP) is 2.51. The van der Waals surface area contributed by atoms with Crippen molar-refractivity contribution in [2.75, 3.05) is 91.6 Å². The number of imide groups is 1. The van der Waals surface area contributed by atoms with Crippen LogP contribution in [0.3, 0.4) is 0 Å². The van der Waals surface area contributed by atoms with Crippen molar-refractivity contribution in [1.82, 2.24) is 40.6 Å². The summed E-state index contributed by atoms with van der Waals surface area (Å²) in [6.07, 6.45) is 9.42. The molecule has 1 saturated heterocycles. The number of nitrogens with zero attached hydrogens (tertiary/aromatic N) is 5. The number of carbonyl (C=O) groups excluding carboxylic acids is 7. The summed E-state index contributed by atoms with van der Waals surface area (Å²) in [5.74, 6) is -8.57. The zero-order chi connectivity index (χ0) is 57.9. The molecule has 24 nitrogen and oxygen atoms in total. The van der Waals surface area contributed by atoms with Crippen LogP contribution in [-0.4, -0.2) is 220 Å². The van der Waals surface area contributed by atoms with Gasteiger partial charge in [-0.3, -0.25) is 53.1 Å². The Hall–Kier alpha value is -5.73. The Labute approximate surface area is 462 Å². The van der Waals surface area contributed by atoms with Gasteiger partial charge in [0.15, 0.2) is 0 Å². The quantitative estimate of drug-likeness (QED) is 0.0280.